The van der Waals surface area contributed by atoms with Gasteiger partial charge in [-0.05, 0) is 37.0 Å². The highest BCUT2D eigenvalue weighted by Gasteiger charge is 2.16. The summed E-state index contributed by atoms with van der Waals surface area (Å²) in [5, 5.41) is 5.69. The van der Waals surface area contributed by atoms with Crippen LogP contribution in [-0.2, 0) is 6.54 Å². The molecule has 2 N–H and O–H groups in total. The van der Waals surface area contributed by atoms with Gasteiger partial charge in [0.05, 0.1) is 13.7 Å². The number of para-hydroxylation sites is 1. The van der Waals surface area contributed by atoms with Crippen molar-refractivity contribution < 1.29 is 23.7 Å². The summed E-state index contributed by atoms with van der Waals surface area (Å²) in [5.74, 6) is 3.28. The molecule has 0 saturated carbocycles. The SMILES string of the molecule is COc1ccc(NC(=O)NCc2cccc3c2OCCO3)cc1OCCCC(C)C. The predicted molar refractivity (Wildman–Crippen MR) is 116 cm³/mol. The first-order valence-electron chi connectivity index (χ1n) is 10.3. The minimum absolute atomic E-state index is 0.319. The summed E-state index contributed by atoms with van der Waals surface area (Å²) >= 11 is 0. The van der Waals surface area contributed by atoms with Gasteiger partial charge in [-0.25, -0.2) is 4.79 Å². The number of fused-ring (bicyclic) bond motifs is 1. The topological polar surface area (TPSA) is 78.1 Å². The third kappa shape index (κ3) is 5.95. The molecular weight excluding hydrogens is 384 g/mol. The number of methoxy groups -OCH3 is 1. The van der Waals surface area contributed by atoms with E-state index in [1.165, 1.54) is 0 Å². The normalized spacial score (nSPS) is 12.4. The van der Waals surface area contributed by atoms with Crippen LogP contribution in [-0.4, -0.2) is 33.0 Å². The molecule has 2 aromatic rings. The fraction of sp³-hybridized carbons (Fsp3) is 0.435. The van der Waals surface area contributed by atoms with Crippen LogP contribution in [0.2, 0.25) is 0 Å². The molecule has 162 valence electrons. The maximum absolute atomic E-state index is 12.4. The number of rotatable bonds is 9. The highest BCUT2D eigenvalue weighted by molar-refractivity contribution is 5.89. The molecule has 0 unspecified atom stereocenters. The van der Waals surface area contributed by atoms with E-state index in [4.69, 9.17) is 18.9 Å². The van der Waals surface area contributed by atoms with Crippen molar-refractivity contribution in [2.75, 3.05) is 32.2 Å². The molecule has 7 nitrogen and oxygen atoms in total. The number of ether oxygens (including phenoxy) is 4. The summed E-state index contributed by atoms with van der Waals surface area (Å²) in [4.78, 5) is 12.4. The van der Waals surface area contributed by atoms with E-state index in [9.17, 15) is 4.79 Å². The number of hydrogen-bond acceptors (Lipinski definition) is 5. The van der Waals surface area contributed by atoms with Gasteiger partial charge in [-0.15, -0.1) is 0 Å². The Morgan fingerprint density at radius 3 is 2.77 bits per heavy atom. The molecule has 0 radical (unpaired) electrons. The zero-order chi connectivity index (χ0) is 21.3. The van der Waals surface area contributed by atoms with Crippen LogP contribution in [0.15, 0.2) is 36.4 Å². The van der Waals surface area contributed by atoms with Crippen LogP contribution < -0.4 is 29.6 Å². The Morgan fingerprint density at radius 2 is 1.97 bits per heavy atom. The highest BCUT2D eigenvalue weighted by atomic mass is 16.6. The van der Waals surface area contributed by atoms with E-state index in [1.807, 2.05) is 18.2 Å². The zero-order valence-electron chi connectivity index (χ0n) is 17.8. The average Bonchev–Trinajstić information content (AvgIpc) is 2.75. The van der Waals surface area contributed by atoms with Crippen LogP contribution >= 0.6 is 0 Å². The molecule has 1 heterocycles. The minimum atomic E-state index is -0.319. The summed E-state index contributed by atoms with van der Waals surface area (Å²) < 4.78 is 22.5. The van der Waals surface area contributed by atoms with Crippen LogP contribution in [0.4, 0.5) is 10.5 Å². The Bertz CT molecular complexity index is 853. The standard InChI is InChI=1S/C23H30N2O5/c1-16(2)6-5-11-28-21-14-18(9-10-19(21)27-3)25-23(26)24-15-17-7-4-8-20-22(17)30-13-12-29-20/h4,7-10,14,16H,5-6,11-13,15H2,1-3H3,(H2,24,25,26). The van der Waals surface area contributed by atoms with E-state index < -0.39 is 0 Å². The first-order chi connectivity index (χ1) is 14.6. The summed E-state index contributed by atoms with van der Waals surface area (Å²) in [6, 6.07) is 10.7. The summed E-state index contributed by atoms with van der Waals surface area (Å²) in [6.45, 7) is 6.34. The second-order valence-corrected chi connectivity index (χ2v) is 7.50. The molecule has 0 spiro atoms. The molecule has 7 heteroatoms. The van der Waals surface area contributed by atoms with Crippen molar-refractivity contribution in [2.24, 2.45) is 5.92 Å². The smallest absolute Gasteiger partial charge is 0.319 e. The summed E-state index contributed by atoms with van der Waals surface area (Å²) in [7, 11) is 1.60. The third-order valence-corrected chi connectivity index (χ3v) is 4.69. The predicted octanol–water partition coefficient (Wildman–Crippen LogP) is 4.60. The lowest BCUT2D eigenvalue weighted by Crippen LogP contribution is -2.28. The lowest BCUT2D eigenvalue weighted by atomic mass is 10.1. The van der Waals surface area contributed by atoms with E-state index in [0.29, 0.717) is 61.0 Å². The molecular formula is C23H30N2O5. The van der Waals surface area contributed by atoms with Crippen molar-refractivity contribution in [2.45, 2.75) is 33.2 Å². The average molecular weight is 415 g/mol. The van der Waals surface area contributed by atoms with Crippen molar-refractivity contribution in [3.8, 4) is 23.0 Å². The number of nitrogens with one attached hydrogen (secondary N) is 2. The van der Waals surface area contributed by atoms with Crippen molar-refractivity contribution >= 4 is 11.7 Å². The van der Waals surface area contributed by atoms with Gasteiger partial charge in [0.2, 0.25) is 0 Å². The van der Waals surface area contributed by atoms with Crippen molar-refractivity contribution in [3.05, 3.63) is 42.0 Å². The molecule has 3 rings (SSSR count). The molecule has 1 aliphatic heterocycles. The van der Waals surface area contributed by atoms with Gasteiger partial charge in [-0.1, -0.05) is 26.0 Å². The van der Waals surface area contributed by atoms with E-state index in [1.54, 1.807) is 25.3 Å². The van der Waals surface area contributed by atoms with Crippen LogP contribution in [0.5, 0.6) is 23.0 Å². The number of benzene rings is 2. The van der Waals surface area contributed by atoms with E-state index in [2.05, 4.69) is 24.5 Å². The summed E-state index contributed by atoms with van der Waals surface area (Å²) in [6.07, 6.45) is 2.06. The van der Waals surface area contributed by atoms with E-state index in [-0.39, 0.29) is 6.03 Å². The van der Waals surface area contributed by atoms with Crippen LogP contribution in [0.1, 0.15) is 32.3 Å². The molecule has 0 fully saturated rings. The number of carbonyl (C=O) groups is 1. The molecule has 0 atom stereocenters. The van der Waals surface area contributed by atoms with E-state index in [0.717, 1.165) is 18.4 Å². The fourth-order valence-corrected chi connectivity index (χ4v) is 3.17. The molecule has 1 aliphatic rings. The Hall–Kier alpha value is -3.09. The number of amides is 2. The second-order valence-electron chi connectivity index (χ2n) is 7.50. The molecule has 0 bridgehead atoms. The Balaban J connectivity index is 1.56. The Labute approximate surface area is 177 Å². The third-order valence-electron chi connectivity index (χ3n) is 4.69. The maximum Gasteiger partial charge on any atom is 0.319 e. The number of carbonyl (C=O) groups excluding carboxylic acids is 1. The zero-order valence-corrected chi connectivity index (χ0v) is 17.8. The van der Waals surface area contributed by atoms with Gasteiger partial charge >= 0.3 is 6.03 Å². The fourth-order valence-electron chi connectivity index (χ4n) is 3.17. The number of hydrogen-bond donors (Lipinski definition) is 2. The van der Waals surface area contributed by atoms with Crippen LogP contribution in [0.3, 0.4) is 0 Å². The second kappa shape index (κ2) is 10.6. The molecule has 0 aliphatic carbocycles. The lowest BCUT2D eigenvalue weighted by Gasteiger charge is -2.21. The minimum Gasteiger partial charge on any atom is -0.493 e. The molecule has 30 heavy (non-hydrogen) atoms. The van der Waals surface area contributed by atoms with E-state index >= 15 is 0 Å². The molecule has 0 saturated heterocycles. The molecule has 2 amide bonds. The van der Waals surface area contributed by atoms with Crippen molar-refractivity contribution in [3.63, 3.8) is 0 Å². The van der Waals surface area contributed by atoms with Gasteiger partial charge in [0.15, 0.2) is 23.0 Å². The van der Waals surface area contributed by atoms with Crippen LogP contribution in [0.25, 0.3) is 0 Å². The van der Waals surface area contributed by atoms with Gasteiger partial charge < -0.3 is 29.6 Å². The number of urea groups is 1. The highest BCUT2D eigenvalue weighted by Crippen LogP contribution is 2.33. The molecule has 0 aromatic heterocycles. The van der Waals surface area contributed by atoms with Gasteiger partial charge in [0.1, 0.15) is 13.2 Å². The Kier molecular flexibility index (Phi) is 7.65. The van der Waals surface area contributed by atoms with Crippen LogP contribution in [0, 0.1) is 5.92 Å². The van der Waals surface area contributed by atoms with Gasteiger partial charge in [-0.3, -0.25) is 0 Å². The monoisotopic (exact) mass is 414 g/mol. The van der Waals surface area contributed by atoms with Crippen molar-refractivity contribution in [1.82, 2.24) is 5.32 Å². The maximum atomic E-state index is 12.4. The van der Waals surface area contributed by atoms with Gasteiger partial charge in [0, 0.05) is 23.9 Å². The van der Waals surface area contributed by atoms with Crippen molar-refractivity contribution in [1.29, 1.82) is 0 Å². The first-order valence-corrected chi connectivity index (χ1v) is 10.3. The molecule has 2 aromatic carbocycles. The Morgan fingerprint density at radius 1 is 1.13 bits per heavy atom. The quantitative estimate of drug-likeness (QED) is 0.586. The lowest BCUT2D eigenvalue weighted by molar-refractivity contribution is 0.169. The van der Waals surface area contributed by atoms with Gasteiger partial charge in [-0.2, -0.15) is 0 Å². The summed E-state index contributed by atoms with van der Waals surface area (Å²) in [5.41, 5.74) is 1.49. The number of anilines is 1. The van der Waals surface area contributed by atoms with Gasteiger partial charge in [0.25, 0.3) is 0 Å². The first kappa shape index (κ1) is 21.6. The largest absolute Gasteiger partial charge is 0.493 e.